The van der Waals surface area contributed by atoms with Gasteiger partial charge in [0, 0.05) is 23.9 Å². The lowest BCUT2D eigenvalue weighted by atomic mass is 9.89. The molecule has 2 aromatic carbocycles. The van der Waals surface area contributed by atoms with Crippen molar-refractivity contribution in [2.24, 2.45) is 11.3 Å². The maximum absolute atomic E-state index is 13.1. The predicted octanol–water partition coefficient (Wildman–Crippen LogP) is 6.18. The summed E-state index contributed by atoms with van der Waals surface area (Å²) < 4.78 is 2.06. The standard InChI is InChI=1S/C27H33ClN4O2/c1-27(2,3)26(34)29-15-19-12-13-22(28)20(14-19)25(33)31-23-10-7-11-24-21(23)16-30-32(24)17-18-8-5-4-6-9-18/h7,10-14,16,18H,4-6,8-9,15,17H2,1-3H3,(H,29,34)(H,31,33). The second-order valence-corrected chi connectivity index (χ2v) is 10.7. The van der Waals surface area contributed by atoms with E-state index in [1.54, 1.807) is 12.1 Å². The first-order valence-corrected chi connectivity index (χ1v) is 12.4. The Kier molecular flexibility index (Phi) is 7.27. The second-order valence-electron chi connectivity index (χ2n) is 10.3. The van der Waals surface area contributed by atoms with Gasteiger partial charge in [0.1, 0.15) is 0 Å². The molecule has 3 aromatic rings. The summed E-state index contributed by atoms with van der Waals surface area (Å²) in [5, 5.41) is 11.8. The fraction of sp³-hybridized carbons (Fsp3) is 0.444. The summed E-state index contributed by atoms with van der Waals surface area (Å²) in [6.07, 6.45) is 8.26. The van der Waals surface area contributed by atoms with Gasteiger partial charge in [0.15, 0.2) is 0 Å². The van der Waals surface area contributed by atoms with Crippen LogP contribution >= 0.6 is 11.6 Å². The SMILES string of the molecule is CC(C)(C)C(=O)NCc1ccc(Cl)c(C(=O)Nc2cccc3c2cnn3CC2CCCCC2)c1. The molecule has 0 atom stereocenters. The van der Waals surface area contributed by atoms with Crippen LogP contribution in [0, 0.1) is 11.3 Å². The highest BCUT2D eigenvalue weighted by Crippen LogP contribution is 2.29. The molecule has 34 heavy (non-hydrogen) atoms. The number of hydrogen-bond donors (Lipinski definition) is 2. The summed E-state index contributed by atoms with van der Waals surface area (Å²) in [4.78, 5) is 25.3. The van der Waals surface area contributed by atoms with Gasteiger partial charge in [-0.2, -0.15) is 5.10 Å². The zero-order valence-electron chi connectivity index (χ0n) is 20.2. The summed E-state index contributed by atoms with van der Waals surface area (Å²) in [5.74, 6) is 0.322. The molecule has 2 amide bonds. The van der Waals surface area contributed by atoms with Crippen LogP contribution in [0.1, 0.15) is 68.8 Å². The van der Waals surface area contributed by atoms with Crippen molar-refractivity contribution in [1.29, 1.82) is 0 Å². The Morgan fingerprint density at radius 2 is 1.88 bits per heavy atom. The molecule has 6 nitrogen and oxygen atoms in total. The number of carbonyl (C=O) groups excluding carboxylic acids is 2. The smallest absolute Gasteiger partial charge is 0.257 e. The maximum atomic E-state index is 13.1. The van der Waals surface area contributed by atoms with Crippen LogP contribution in [-0.2, 0) is 17.9 Å². The van der Waals surface area contributed by atoms with Crippen molar-refractivity contribution in [3.8, 4) is 0 Å². The lowest BCUT2D eigenvalue weighted by Crippen LogP contribution is -2.34. The minimum absolute atomic E-state index is 0.0506. The molecule has 4 rings (SSSR count). The van der Waals surface area contributed by atoms with Crippen molar-refractivity contribution in [3.63, 3.8) is 0 Å². The van der Waals surface area contributed by atoms with Crippen LogP contribution in [0.4, 0.5) is 5.69 Å². The van der Waals surface area contributed by atoms with Crippen molar-refractivity contribution >= 4 is 40.0 Å². The molecule has 1 aromatic heterocycles. The van der Waals surface area contributed by atoms with Gasteiger partial charge in [-0.3, -0.25) is 14.3 Å². The van der Waals surface area contributed by atoms with Crippen molar-refractivity contribution in [2.45, 2.75) is 66.0 Å². The first kappa shape index (κ1) is 24.3. The van der Waals surface area contributed by atoms with Crippen LogP contribution < -0.4 is 10.6 Å². The monoisotopic (exact) mass is 480 g/mol. The molecule has 0 spiro atoms. The highest BCUT2D eigenvalue weighted by atomic mass is 35.5. The molecule has 1 fully saturated rings. The lowest BCUT2D eigenvalue weighted by Gasteiger charge is -2.21. The Morgan fingerprint density at radius 3 is 2.62 bits per heavy atom. The van der Waals surface area contributed by atoms with Crippen LogP contribution in [0.15, 0.2) is 42.6 Å². The number of rotatable bonds is 6. The fourth-order valence-electron chi connectivity index (χ4n) is 4.47. The van der Waals surface area contributed by atoms with E-state index in [9.17, 15) is 9.59 Å². The number of amides is 2. The Hall–Kier alpha value is -2.86. The van der Waals surface area contributed by atoms with E-state index in [0.717, 1.165) is 23.0 Å². The third-order valence-electron chi connectivity index (χ3n) is 6.50. The average molecular weight is 481 g/mol. The van der Waals surface area contributed by atoms with Gasteiger partial charge in [0.05, 0.1) is 28.0 Å². The zero-order valence-corrected chi connectivity index (χ0v) is 20.9. The number of nitrogens with zero attached hydrogens (tertiary/aromatic N) is 2. The number of anilines is 1. The third-order valence-corrected chi connectivity index (χ3v) is 6.83. The van der Waals surface area contributed by atoms with Gasteiger partial charge in [-0.05, 0) is 48.6 Å². The van der Waals surface area contributed by atoms with E-state index in [1.165, 1.54) is 32.1 Å². The van der Waals surface area contributed by atoms with Crippen LogP contribution in [0.5, 0.6) is 0 Å². The molecular weight excluding hydrogens is 448 g/mol. The Morgan fingerprint density at radius 1 is 1.12 bits per heavy atom. The summed E-state index contributed by atoms with van der Waals surface area (Å²) in [7, 11) is 0. The van der Waals surface area contributed by atoms with E-state index in [1.807, 2.05) is 51.2 Å². The number of benzene rings is 2. The molecule has 1 heterocycles. The van der Waals surface area contributed by atoms with E-state index < -0.39 is 5.41 Å². The van der Waals surface area contributed by atoms with Crippen LogP contribution in [0.25, 0.3) is 10.9 Å². The minimum Gasteiger partial charge on any atom is -0.352 e. The van der Waals surface area contributed by atoms with Gasteiger partial charge in [-0.15, -0.1) is 0 Å². The summed E-state index contributed by atoms with van der Waals surface area (Å²) in [6, 6.07) is 11.1. The molecule has 0 unspecified atom stereocenters. The van der Waals surface area contributed by atoms with E-state index in [0.29, 0.717) is 28.7 Å². The van der Waals surface area contributed by atoms with Crippen LogP contribution in [-0.4, -0.2) is 21.6 Å². The highest BCUT2D eigenvalue weighted by Gasteiger charge is 2.21. The second kappa shape index (κ2) is 10.2. The van der Waals surface area contributed by atoms with Crippen molar-refractivity contribution < 1.29 is 9.59 Å². The maximum Gasteiger partial charge on any atom is 0.257 e. The average Bonchev–Trinajstić information content (AvgIpc) is 3.22. The Bertz CT molecular complexity index is 1190. The van der Waals surface area contributed by atoms with Crippen LogP contribution in [0.2, 0.25) is 5.02 Å². The lowest BCUT2D eigenvalue weighted by molar-refractivity contribution is -0.128. The topological polar surface area (TPSA) is 76.0 Å². The molecule has 7 heteroatoms. The first-order chi connectivity index (χ1) is 16.2. The van der Waals surface area contributed by atoms with Gasteiger partial charge < -0.3 is 10.6 Å². The number of halogens is 1. The third kappa shape index (κ3) is 5.61. The van der Waals surface area contributed by atoms with Crippen molar-refractivity contribution in [3.05, 3.63) is 58.7 Å². The molecule has 2 N–H and O–H groups in total. The Balaban J connectivity index is 1.50. The molecule has 0 bridgehead atoms. The largest absolute Gasteiger partial charge is 0.352 e. The molecular formula is C27H33ClN4O2. The molecule has 180 valence electrons. The summed E-state index contributed by atoms with van der Waals surface area (Å²) in [5.41, 5.74) is 2.43. The number of carbonyl (C=O) groups is 2. The number of fused-ring (bicyclic) bond motifs is 1. The minimum atomic E-state index is -0.479. The first-order valence-electron chi connectivity index (χ1n) is 12.0. The van der Waals surface area contributed by atoms with Gasteiger partial charge in [-0.25, -0.2) is 0 Å². The molecule has 1 saturated carbocycles. The van der Waals surface area contributed by atoms with Gasteiger partial charge >= 0.3 is 0 Å². The number of nitrogens with one attached hydrogen (secondary N) is 2. The molecule has 0 aliphatic heterocycles. The van der Waals surface area contributed by atoms with E-state index in [4.69, 9.17) is 11.6 Å². The van der Waals surface area contributed by atoms with E-state index in [-0.39, 0.29) is 11.8 Å². The molecule has 0 saturated heterocycles. The quantitative estimate of drug-likeness (QED) is 0.442. The molecule has 1 aliphatic rings. The van der Waals surface area contributed by atoms with Crippen molar-refractivity contribution in [2.75, 3.05) is 5.32 Å². The summed E-state index contributed by atoms with van der Waals surface area (Å²) in [6.45, 7) is 6.83. The fourth-order valence-corrected chi connectivity index (χ4v) is 4.67. The zero-order chi connectivity index (χ0) is 24.3. The molecule has 0 radical (unpaired) electrons. The summed E-state index contributed by atoms with van der Waals surface area (Å²) >= 11 is 6.36. The highest BCUT2D eigenvalue weighted by molar-refractivity contribution is 6.34. The van der Waals surface area contributed by atoms with Gasteiger partial charge in [0.25, 0.3) is 5.91 Å². The Labute approximate surface area is 206 Å². The van der Waals surface area contributed by atoms with E-state index in [2.05, 4.69) is 20.4 Å². The van der Waals surface area contributed by atoms with Crippen molar-refractivity contribution in [1.82, 2.24) is 15.1 Å². The number of aromatic nitrogens is 2. The normalized spacial score (nSPS) is 14.8. The number of hydrogen-bond acceptors (Lipinski definition) is 3. The molecule has 1 aliphatic carbocycles. The van der Waals surface area contributed by atoms with E-state index >= 15 is 0 Å². The van der Waals surface area contributed by atoms with Gasteiger partial charge in [0.2, 0.25) is 5.91 Å². The van der Waals surface area contributed by atoms with Crippen LogP contribution in [0.3, 0.4) is 0 Å². The van der Waals surface area contributed by atoms with Gasteiger partial charge in [-0.1, -0.05) is 63.8 Å². The predicted molar refractivity (Wildman–Crippen MR) is 137 cm³/mol.